The van der Waals surface area contributed by atoms with Gasteiger partial charge in [0, 0.05) is 23.5 Å². The van der Waals surface area contributed by atoms with Crippen molar-refractivity contribution in [3.05, 3.63) is 52.8 Å². The zero-order valence-corrected chi connectivity index (χ0v) is 15.0. The molecule has 1 aromatic carbocycles. The van der Waals surface area contributed by atoms with Crippen molar-refractivity contribution in [3.8, 4) is 0 Å². The minimum Gasteiger partial charge on any atom is -0.354 e. The number of hydrogen-bond acceptors (Lipinski definition) is 4. The fourth-order valence-electron chi connectivity index (χ4n) is 2.25. The number of amides is 1. The molecule has 0 fully saturated rings. The van der Waals surface area contributed by atoms with Gasteiger partial charge < -0.3 is 15.5 Å². The predicted molar refractivity (Wildman–Crippen MR) is 99.2 cm³/mol. The molecule has 2 N–H and O–H groups in total. The van der Waals surface area contributed by atoms with Crippen LogP contribution in [0.3, 0.4) is 0 Å². The van der Waals surface area contributed by atoms with Crippen LogP contribution in [-0.2, 0) is 0 Å². The summed E-state index contributed by atoms with van der Waals surface area (Å²) in [5.41, 5.74) is 3.27. The molecule has 0 aliphatic carbocycles. The van der Waals surface area contributed by atoms with Crippen LogP contribution in [0.1, 0.15) is 22.3 Å². The van der Waals surface area contributed by atoms with Gasteiger partial charge in [-0.2, -0.15) is 0 Å². The first-order valence-corrected chi connectivity index (χ1v) is 8.24. The number of rotatable bonds is 7. The summed E-state index contributed by atoms with van der Waals surface area (Å²) in [5, 5.41) is 6.88. The van der Waals surface area contributed by atoms with Crippen LogP contribution in [0.2, 0.25) is 5.02 Å². The van der Waals surface area contributed by atoms with E-state index < -0.39 is 0 Å². The van der Waals surface area contributed by atoms with Gasteiger partial charge in [0.25, 0.3) is 5.91 Å². The van der Waals surface area contributed by atoms with E-state index in [4.69, 9.17) is 11.6 Å². The number of benzene rings is 1. The predicted octanol–water partition coefficient (Wildman–Crippen LogP) is 3.47. The van der Waals surface area contributed by atoms with Gasteiger partial charge in [-0.1, -0.05) is 11.6 Å². The van der Waals surface area contributed by atoms with Gasteiger partial charge in [-0.15, -0.1) is 0 Å². The molecule has 1 amide bonds. The Bertz CT molecular complexity index is 703. The van der Waals surface area contributed by atoms with Crippen LogP contribution in [0, 0.1) is 6.92 Å². The molecule has 1 aromatic heterocycles. The average molecular weight is 347 g/mol. The van der Waals surface area contributed by atoms with Crippen molar-refractivity contribution in [2.24, 2.45) is 0 Å². The highest BCUT2D eigenvalue weighted by molar-refractivity contribution is 6.30. The normalized spacial score (nSPS) is 10.7. The molecular weight excluding hydrogens is 324 g/mol. The first-order chi connectivity index (χ1) is 11.5. The Morgan fingerprint density at radius 2 is 2.04 bits per heavy atom. The van der Waals surface area contributed by atoms with Crippen molar-refractivity contribution in [1.29, 1.82) is 0 Å². The van der Waals surface area contributed by atoms with E-state index in [-0.39, 0.29) is 5.91 Å². The first-order valence-electron chi connectivity index (χ1n) is 7.87. The van der Waals surface area contributed by atoms with Crippen molar-refractivity contribution < 1.29 is 4.79 Å². The van der Waals surface area contributed by atoms with E-state index in [1.54, 1.807) is 18.5 Å². The van der Waals surface area contributed by atoms with Gasteiger partial charge in [-0.05, 0) is 63.8 Å². The molecule has 0 saturated carbocycles. The number of pyridine rings is 1. The molecule has 0 unspecified atom stereocenters. The summed E-state index contributed by atoms with van der Waals surface area (Å²) in [6.07, 6.45) is 4.17. The lowest BCUT2D eigenvalue weighted by Crippen LogP contribution is -2.27. The highest BCUT2D eigenvalue weighted by Gasteiger charge is 2.07. The summed E-state index contributed by atoms with van der Waals surface area (Å²) in [7, 11) is 4.03. The summed E-state index contributed by atoms with van der Waals surface area (Å²) in [4.78, 5) is 18.4. The lowest BCUT2D eigenvalue weighted by molar-refractivity contribution is 0.0952. The van der Waals surface area contributed by atoms with Gasteiger partial charge in [0.05, 0.1) is 17.4 Å². The number of halogens is 1. The number of carbonyl (C=O) groups excluding carboxylic acids is 1. The van der Waals surface area contributed by atoms with Crippen LogP contribution >= 0.6 is 11.6 Å². The Morgan fingerprint density at radius 1 is 1.25 bits per heavy atom. The number of nitrogens with zero attached hydrogens (tertiary/aromatic N) is 2. The lowest BCUT2D eigenvalue weighted by atomic mass is 10.2. The molecule has 0 bridgehead atoms. The Hall–Kier alpha value is -2.11. The summed E-state index contributed by atoms with van der Waals surface area (Å²) in [6.45, 7) is 3.56. The molecule has 2 rings (SSSR count). The zero-order chi connectivity index (χ0) is 17.5. The first kappa shape index (κ1) is 18.2. The van der Waals surface area contributed by atoms with E-state index in [2.05, 4.69) is 20.5 Å². The Morgan fingerprint density at radius 3 is 2.75 bits per heavy atom. The van der Waals surface area contributed by atoms with Crippen molar-refractivity contribution in [2.75, 3.05) is 32.5 Å². The van der Waals surface area contributed by atoms with Gasteiger partial charge in [0.1, 0.15) is 0 Å². The molecule has 0 atom stereocenters. The summed E-state index contributed by atoms with van der Waals surface area (Å²) in [5.74, 6) is -0.113. The fraction of sp³-hybridized carbons (Fsp3) is 0.333. The summed E-state index contributed by atoms with van der Waals surface area (Å²) in [6, 6.07) is 7.41. The van der Waals surface area contributed by atoms with E-state index in [1.807, 2.05) is 39.2 Å². The molecule has 1 heterocycles. The second kappa shape index (κ2) is 8.66. The quantitative estimate of drug-likeness (QED) is 0.754. The van der Waals surface area contributed by atoms with Crippen molar-refractivity contribution in [1.82, 2.24) is 15.2 Å². The monoisotopic (exact) mass is 346 g/mol. The highest BCUT2D eigenvalue weighted by atomic mass is 35.5. The second-order valence-electron chi connectivity index (χ2n) is 5.96. The molecule has 128 valence electrons. The maximum Gasteiger partial charge on any atom is 0.252 e. The van der Waals surface area contributed by atoms with Gasteiger partial charge in [-0.25, -0.2) is 0 Å². The van der Waals surface area contributed by atoms with Crippen LogP contribution in [0.25, 0.3) is 0 Å². The molecule has 6 heteroatoms. The summed E-state index contributed by atoms with van der Waals surface area (Å²) >= 11 is 5.97. The minimum absolute atomic E-state index is 0.113. The Kier molecular flexibility index (Phi) is 6.58. The smallest absolute Gasteiger partial charge is 0.252 e. The Balaban J connectivity index is 1.99. The van der Waals surface area contributed by atoms with E-state index >= 15 is 0 Å². The largest absolute Gasteiger partial charge is 0.354 e. The van der Waals surface area contributed by atoms with Crippen molar-refractivity contribution >= 4 is 28.9 Å². The van der Waals surface area contributed by atoms with Crippen LogP contribution in [0.4, 0.5) is 11.4 Å². The van der Waals surface area contributed by atoms with Gasteiger partial charge in [-0.3, -0.25) is 9.78 Å². The van der Waals surface area contributed by atoms with Gasteiger partial charge >= 0.3 is 0 Å². The molecule has 0 saturated heterocycles. The number of carbonyl (C=O) groups is 1. The molecule has 0 aliphatic rings. The molecule has 24 heavy (non-hydrogen) atoms. The van der Waals surface area contributed by atoms with Crippen molar-refractivity contribution in [3.63, 3.8) is 0 Å². The number of nitrogens with one attached hydrogen (secondary N) is 2. The average Bonchev–Trinajstić information content (AvgIpc) is 2.54. The molecule has 2 aromatic rings. The fourth-order valence-corrected chi connectivity index (χ4v) is 2.48. The minimum atomic E-state index is -0.113. The standard InChI is InChI=1S/C18H23ClN4O/c1-13-9-15(19)5-6-17(13)22-16-10-14(11-20-12-16)18(24)21-7-4-8-23(2)3/h5-6,9-12,22H,4,7-8H2,1-3H3,(H,21,24). The van der Waals surface area contributed by atoms with E-state index in [9.17, 15) is 4.79 Å². The number of aromatic nitrogens is 1. The second-order valence-corrected chi connectivity index (χ2v) is 6.40. The van der Waals surface area contributed by atoms with Crippen LogP contribution in [-0.4, -0.2) is 43.0 Å². The van der Waals surface area contributed by atoms with E-state index in [0.717, 1.165) is 29.9 Å². The molecule has 0 spiro atoms. The molecule has 0 aliphatic heterocycles. The third-order valence-electron chi connectivity index (χ3n) is 3.54. The molecule has 5 nitrogen and oxygen atoms in total. The Labute approximate surface area is 148 Å². The highest BCUT2D eigenvalue weighted by Crippen LogP contribution is 2.23. The SMILES string of the molecule is Cc1cc(Cl)ccc1Nc1cncc(C(=O)NCCCN(C)C)c1. The third kappa shape index (κ3) is 5.51. The van der Waals surface area contributed by atoms with Crippen LogP contribution < -0.4 is 10.6 Å². The third-order valence-corrected chi connectivity index (χ3v) is 3.77. The van der Waals surface area contributed by atoms with Gasteiger partial charge in [0.15, 0.2) is 0 Å². The van der Waals surface area contributed by atoms with E-state index in [0.29, 0.717) is 17.1 Å². The zero-order valence-electron chi connectivity index (χ0n) is 14.3. The van der Waals surface area contributed by atoms with E-state index in [1.165, 1.54) is 0 Å². The van der Waals surface area contributed by atoms with Crippen molar-refractivity contribution in [2.45, 2.75) is 13.3 Å². The molecule has 0 radical (unpaired) electrons. The lowest BCUT2D eigenvalue weighted by Gasteiger charge is -2.12. The summed E-state index contributed by atoms with van der Waals surface area (Å²) < 4.78 is 0. The maximum absolute atomic E-state index is 12.2. The van der Waals surface area contributed by atoms with Crippen LogP contribution in [0.5, 0.6) is 0 Å². The maximum atomic E-state index is 12.2. The number of anilines is 2. The molecular formula is C18H23ClN4O. The van der Waals surface area contributed by atoms with Gasteiger partial charge in [0.2, 0.25) is 0 Å². The van der Waals surface area contributed by atoms with Crippen LogP contribution in [0.15, 0.2) is 36.7 Å². The number of aryl methyl sites for hydroxylation is 1. The number of hydrogen-bond donors (Lipinski definition) is 2. The topological polar surface area (TPSA) is 57.3 Å².